The molecule has 0 radical (unpaired) electrons. The maximum Gasteiger partial charge on any atom is 0.346 e. The molecule has 2 aromatic heterocycles. The molecule has 11 heteroatoms. The van der Waals surface area contributed by atoms with E-state index in [2.05, 4.69) is 15.0 Å². The Labute approximate surface area is 140 Å². The van der Waals surface area contributed by atoms with E-state index in [1.165, 1.54) is 23.0 Å². The Morgan fingerprint density at radius 2 is 2.16 bits per heavy atom. The van der Waals surface area contributed by atoms with Gasteiger partial charge in [-0.2, -0.15) is 4.98 Å². The van der Waals surface area contributed by atoms with E-state index in [4.69, 9.17) is 15.6 Å². The second-order valence-electron chi connectivity index (χ2n) is 5.41. The monoisotopic (exact) mass is 353 g/mol. The summed E-state index contributed by atoms with van der Waals surface area (Å²) in [5.41, 5.74) is 4.07. The van der Waals surface area contributed by atoms with Crippen molar-refractivity contribution >= 4 is 5.82 Å². The molecule has 0 amide bonds. The van der Waals surface area contributed by atoms with E-state index in [9.17, 15) is 19.5 Å². The fourth-order valence-corrected chi connectivity index (χ4v) is 2.24. The van der Waals surface area contributed by atoms with Crippen LogP contribution >= 0.6 is 0 Å². The number of aromatic nitrogens is 4. The standard InChI is InChI=1S/C10H14N2O5.C4H5N3O/c1-5-3-12(10(16)11-9(5)15)8-2-6(14)7(4-13)17-8;5-3-1-2-6-4(8)7-3/h3,6-8,13-14H,2,4H2,1H3,(H,11,15,16);1-2H,(H3,5,6,7,8)/t6-,7+,8+;/m0./s1. The van der Waals surface area contributed by atoms with Gasteiger partial charge in [-0.05, 0) is 13.0 Å². The second-order valence-corrected chi connectivity index (χ2v) is 5.41. The minimum Gasteiger partial charge on any atom is -0.394 e. The van der Waals surface area contributed by atoms with Crippen molar-refractivity contribution in [1.29, 1.82) is 0 Å². The summed E-state index contributed by atoms with van der Waals surface area (Å²) in [6.45, 7) is 1.26. The molecule has 1 aliphatic heterocycles. The molecule has 0 aliphatic carbocycles. The molecule has 3 rings (SSSR count). The van der Waals surface area contributed by atoms with Crippen LogP contribution in [0.4, 0.5) is 5.82 Å². The lowest BCUT2D eigenvalue weighted by Crippen LogP contribution is -2.33. The molecule has 3 atom stereocenters. The van der Waals surface area contributed by atoms with E-state index in [0.717, 1.165) is 0 Å². The van der Waals surface area contributed by atoms with E-state index in [1.807, 2.05) is 0 Å². The third-order valence-electron chi connectivity index (χ3n) is 3.53. The third-order valence-corrected chi connectivity index (χ3v) is 3.53. The van der Waals surface area contributed by atoms with Gasteiger partial charge in [0.05, 0.1) is 12.7 Å². The Balaban J connectivity index is 0.000000236. The van der Waals surface area contributed by atoms with Crippen molar-refractivity contribution < 1.29 is 14.9 Å². The minimum atomic E-state index is -0.816. The third kappa shape index (κ3) is 4.62. The average Bonchev–Trinajstić information content (AvgIpc) is 2.92. The number of hydrogen-bond donors (Lipinski definition) is 5. The van der Waals surface area contributed by atoms with E-state index in [-0.39, 0.29) is 18.8 Å². The number of aliphatic hydroxyl groups is 2. The molecule has 1 fully saturated rings. The fraction of sp³-hybridized carbons (Fsp3) is 0.429. The summed E-state index contributed by atoms with van der Waals surface area (Å²) in [6.07, 6.45) is 0.869. The molecule has 3 heterocycles. The highest BCUT2D eigenvalue weighted by molar-refractivity contribution is 5.22. The van der Waals surface area contributed by atoms with Gasteiger partial charge in [-0.1, -0.05) is 0 Å². The molecule has 25 heavy (non-hydrogen) atoms. The Hall–Kier alpha value is -2.76. The average molecular weight is 353 g/mol. The number of H-pyrrole nitrogens is 2. The predicted molar refractivity (Wildman–Crippen MR) is 86.9 cm³/mol. The van der Waals surface area contributed by atoms with Crippen LogP contribution in [0.25, 0.3) is 0 Å². The molecule has 0 spiro atoms. The first kappa shape index (κ1) is 18.6. The number of nitrogens with zero attached hydrogens (tertiary/aromatic N) is 2. The summed E-state index contributed by atoms with van der Waals surface area (Å²) in [6, 6.07) is 1.52. The zero-order chi connectivity index (χ0) is 18.6. The molecule has 0 aromatic carbocycles. The Morgan fingerprint density at radius 3 is 2.68 bits per heavy atom. The van der Waals surface area contributed by atoms with Crippen LogP contribution in [0.1, 0.15) is 18.2 Å². The zero-order valence-electron chi connectivity index (χ0n) is 13.4. The van der Waals surface area contributed by atoms with Crippen LogP contribution in [-0.2, 0) is 4.74 Å². The van der Waals surface area contributed by atoms with Gasteiger partial charge in [0.1, 0.15) is 18.1 Å². The molecule has 0 unspecified atom stereocenters. The van der Waals surface area contributed by atoms with Gasteiger partial charge in [0.2, 0.25) is 0 Å². The summed E-state index contributed by atoms with van der Waals surface area (Å²) in [7, 11) is 0. The smallest absolute Gasteiger partial charge is 0.346 e. The highest BCUT2D eigenvalue weighted by Crippen LogP contribution is 2.27. The maximum atomic E-state index is 11.6. The van der Waals surface area contributed by atoms with Crippen LogP contribution in [0, 0.1) is 6.92 Å². The van der Waals surface area contributed by atoms with Crippen molar-refractivity contribution in [1.82, 2.24) is 19.5 Å². The van der Waals surface area contributed by atoms with E-state index >= 15 is 0 Å². The number of nitrogens with two attached hydrogens (primary N) is 1. The number of aliphatic hydroxyl groups excluding tert-OH is 2. The Morgan fingerprint density at radius 1 is 1.44 bits per heavy atom. The van der Waals surface area contributed by atoms with Gasteiger partial charge >= 0.3 is 11.4 Å². The molecule has 0 saturated carbocycles. The molecule has 0 bridgehead atoms. The molecular formula is C14H19N5O6. The number of aryl methyl sites for hydroxylation is 1. The number of nitrogens with one attached hydrogen (secondary N) is 2. The van der Waals surface area contributed by atoms with Crippen LogP contribution < -0.4 is 22.7 Å². The quantitative estimate of drug-likeness (QED) is 0.405. The maximum absolute atomic E-state index is 11.6. The predicted octanol–water partition coefficient (Wildman–Crippen LogP) is -2.16. The lowest BCUT2D eigenvalue weighted by Gasteiger charge is -2.14. The summed E-state index contributed by atoms with van der Waals surface area (Å²) in [4.78, 5) is 40.8. The zero-order valence-corrected chi connectivity index (χ0v) is 13.4. The second kappa shape index (κ2) is 7.88. The van der Waals surface area contributed by atoms with Crippen LogP contribution in [0.2, 0.25) is 0 Å². The van der Waals surface area contributed by atoms with E-state index < -0.39 is 35.4 Å². The highest BCUT2D eigenvalue weighted by atomic mass is 16.5. The SMILES string of the molecule is Cc1cn([C@H]2C[C@H](O)[C@@H](CO)O2)c(=O)[nH]c1=O.Nc1cc[nH]c(=O)n1. The Kier molecular flexibility index (Phi) is 5.85. The van der Waals surface area contributed by atoms with Gasteiger partial charge in [-0.25, -0.2) is 9.59 Å². The Bertz CT molecular complexity index is 888. The summed E-state index contributed by atoms with van der Waals surface area (Å²) < 4.78 is 6.54. The van der Waals surface area contributed by atoms with Crippen molar-refractivity contribution in [3.63, 3.8) is 0 Å². The van der Waals surface area contributed by atoms with Crippen molar-refractivity contribution in [3.05, 3.63) is 55.3 Å². The molecular weight excluding hydrogens is 334 g/mol. The molecule has 11 nitrogen and oxygen atoms in total. The van der Waals surface area contributed by atoms with Gasteiger partial charge in [0, 0.05) is 24.4 Å². The van der Waals surface area contributed by atoms with Crippen molar-refractivity contribution in [2.75, 3.05) is 12.3 Å². The van der Waals surface area contributed by atoms with Crippen molar-refractivity contribution in [2.24, 2.45) is 0 Å². The summed E-state index contributed by atoms with van der Waals surface area (Å²) in [5, 5.41) is 18.5. The molecule has 136 valence electrons. The van der Waals surface area contributed by atoms with Gasteiger partial charge in [-0.15, -0.1) is 0 Å². The number of aromatic amines is 2. The first-order valence-electron chi connectivity index (χ1n) is 7.39. The number of ether oxygens (including phenoxy) is 1. The van der Waals surface area contributed by atoms with Gasteiger partial charge in [-0.3, -0.25) is 14.3 Å². The van der Waals surface area contributed by atoms with Gasteiger partial charge in [0.25, 0.3) is 5.56 Å². The lowest BCUT2D eigenvalue weighted by atomic mass is 10.2. The molecule has 1 saturated heterocycles. The molecule has 6 N–H and O–H groups in total. The van der Waals surface area contributed by atoms with Crippen molar-refractivity contribution in [2.45, 2.75) is 31.8 Å². The summed E-state index contributed by atoms with van der Waals surface area (Å²) in [5.74, 6) is 0.244. The minimum absolute atomic E-state index is 0.205. The lowest BCUT2D eigenvalue weighted by molar-refractivity contribution is -0.0459. The fourth-order valence-electron chi connectivity index (χ4n) is 2.24. The van der Waals surface area contributed by atoms with Gasteiger partial charge < -0.3 is 25.7 Å². The first-order chi connectivity index (χ1) is 11.8. The largest absolute Gasteiger partial charge is 0.394 e. The summed E-state index contributed by atoms with van der Waals surface area (Å²) >= 11 is 0. The number of anilines is 1. The first-order valence-corrected chi connectivity index (χ1v) is 7.39. The van der Waals surface area contributed by atoms with E-state index in [0.29, 0.717) is 5.56 Å². The van der Waals surface area contributed by atoms with Crippen LogP contribution in [-0.4, -0.2) is 48.5 Å². The van der Waals surface area contributed by atoms with Crippen LogP contribution in [0.3, 0.4) is 0 Å². The molecule has 2 aromatic rings. The normalized spacial score (nSPS) is 22.3. The van der Waals surface area contributed by atoms with Gasteiger partial charge in [0.15, 0.2) is 0 Å². The number of nitrogen functional groups attached to an aromatic ring is 1. The van der Waals surface area contributed by atoms with E-state index in [1.54, 1.807) is 6.92 Å². The van der Waals surface area contributed by atoms with Crippen LogP contribution in [0.15, 0.2) is 32.8 Å². The van der Waals surface area contributed by atoms with Crippen LogP contribution in [0.5, 0.6) is 0 Å². The number of hydrogen-bond acceptors (Lipinski definition) is 8. The topological polar surface area (TPSA) is 176 Å². The highest BCUT2D eigenvalue weighted by Gasteiger charge is 2.34. The van der Waals surface area contributed by atoms with Crippen molar-refractivity contribution in [3.8, 4) is 0 Å². The number of rotatable bonds is 2. The molecule has 1 aliphatic rings.